The van der Waals surface area contributed by atoms with E-state index < -0.39 is 10.0 Å². The second-order valence-electron chi connectivity index (χ2n) is 7.00. The molecule has 5 heteroatoms. The van der Waals surface area contributed by atoms with Crippen molar-refractivity contribution in [2.24, 2.45) is 5.92 Å². The van der Waals surface area contributed by atoms with Crippen LogP contribution in [0, 0.1) is 12.8 Å². The molecule has 0 bridgehead atoms. The van der Waals surface area contributed by atoms with Gasteiger partial charge < -0.3 is 4.90 Å². The predicted molar refractivity (Wildman–Crippen MR) is 95.0 cm³/mol. The van der Waals surface area contributed by atoms with E-state index in [1.807, 2.05) is 19.9 Å². The first kappa shape index (κ1) is 18.4. The van der Waals surface area contributed by atoms with E-state index in [0.717, 1.165) is 37.5 Å². The number of hydrogen-bond acceptors (Lipinski definition) is 3. The Labute approximate surface area is 141 Å². The third kappa shape index (κ3) is 4.78. The average molecular weight is 339 g/mol. The largest absolute Gasteiger partial charge is 0.303 e. The first-order chi connectivity index (χ1) is 10.8. The van der Waals surface area contributed by atoms with Crippen LogP contribution in [0.25, 0.3) is 0 Å². The molecule has 0 N–H and O–H groups in total. The minimum Gasteiger partial charge on any atom is -0.303 e. The zero-order chi connectivity index (χ0) is 17.0. The fraction of sp³-hybridized carbons (Fsp3) is 0.667. The van der Waals surface area contributed by atoms with Gasteiger partial charge >= 0.3 is 0 Å². The van der Waals surface area contributed by atoms with Gasteiger partial charge in [0.05, 0.1) is 4.90 Å². The minimum atomic E-state index is -3.41. The van der Waals surface area contributed by atoms with Crippen molar-refractivity contribution in [3.8, 4) is 0 Å². The normalized spacial score (nSPS) is 19.2. The zero-order valence-corrected chi connectivity index (χ0v) is 15.6. The van der Waals surface area contributed by atoms with Crippen LogP contribution in [0.3, 0.4) is 0 Å². The zero-order valence-electron chi connectivity index (χ0n) is 14.8. The van der Waals surface area contributed by atoms with Gasteiger partial charge in [-0.05, 0) is 76.4 Å². The topological polar surface area (TPSA) is 40.6 Å². The second kappa shape index (κ2) is 7.77. The van der Waals surface area contributed by atoms with Gasteiger partial charge in [0.1, 0.15) is 0 Å². The Hall–Kier alpha value is -0.910. The number of aryl methyl sites for hydroxylation is 1. The number of nitrogens with zero attached hydrogens (tertiary/aromatic N) is 2. The molecule has 0 aromatic heterocycles. The molecule has 1 aliphatic heterocycles. The molecule has 1 atom stereocenters. The molecule has 130 valence electrons. The first-order valence-corrected chi connectivity index (χ1v) is 10.0. The Bertz CT molecular complexity index is 607. The molecule has 1 saturated heterocycles. The van der Waals surface area contributed by atoms with Gasteiger partial charge in [-0.3, -0.25) is 0 Å². The number of piperidine rings is 1. The quantitative estimate of drug-likeness (QED) is 0.800. The van der Waals surface area contributed by atoms with Gasteiger partial charge in [-0.1, -0.05) is 19.1 Å². The summed E-state index contributed by atoms with van der Waals surface area (Å²) in [5, 5.41) is 0. The van der Waals surface area contributed by atoms with Crippen molar-refractivity contribution < 1.29 is 8.42 Å². The third-order valence-electron chi connectivity index (χ3n) is 5.03. The number of rotatable bonds is 6. The van der Waals surface area contributed by atoms with Gasteiger partial charge in [-0.25, -0.2) is 8.42 Å². The van der Waals surface area contributed by atoms with Crippen LogP contribution < -0.4 is 0 Å². The van der Waals surface area contributed by atoms with E-state index in [1.165, 1.54) is 17.1 Å². The standard InChI is InChI=1S/C18H30N2O2S/c1-15-8-11-20(12-9-15)13-10-17(3)19(4)23(21,22)18-7-5-6-16(2)14-18/h5-7,14-15,17H,8-13H2,1-4H3/t17-/m0/s1. The Balaban J connectivity index is 1.94. The molecule has 2 rings (SSSR count). The van der Waals surface area contributed by atoms with Crippen molar-refractivity contribution in [2.75, 3.05) is 26.7 Å². The Kier molecular flexibility index (Phi) is 6.23. The molecular weight excluding hydrogens is 308 g/mol. The summed E-state index contributed by atoms with van der Waals surface area (Å²) in [5.74, 6) is 0.827. The van der Waals surface area contributed by atoms with Crippen LogP contribution in [-0.4, -0.2) is 50.3 Å². The molecule has 0 saturated carbocycles. The lowest BCUT2D eigenvalue weighted by atomic mass is 9.99. The smallest absolute Gasteiger partial charge is 0.243 e. The van der Waals surface area contributed by atoms with Crippen LogP contribution in [0.15, 0.2) is 29.2 Å². The fourth-order valence-corrected chi connectivity index (χ4v) is 4.51. The highest BCUT2D eigenvalue weighted by atomic mass is 32.2. The maximum Gasteiger partial charge on any atom is 0.243 e. The van der Waals surface area contributed by atoms with Crippen molar-refractivity contribution >= 4 is 10.0 Å². The lowest BCUT2D eigenvalue weighted by Gasteiger charge is -2.32. The SMILES string of the molecule is Cc1cccc(S(=O)(=O)N(C)[C@@H](C)CCN2CCC(C)CC2)c1. The Morgan fingerprint density at radius 2 is 1.96 bits per heavy atom. The Morgan fingerprint density at radius 3 is 2.57 bits per heavy atom. The second-order valence-corrected chi connectivity index (χ2v) is 9.00. The van der Waals surface area contributed by atoms with Crippen LogP contribution in [0.5, 0.6) is 0 Å². The predicted octanol–water partition coefficient (Wildman–Crippen LogP) is 3.13. The van der Waals surface area contributed by atoms with Crippen molar-refractivity contribution in [3.05, 3.63) is 29.8 Å². The van der Waals surface area contributed by atoms with E-state index in [2.05, 4.69) is 11.8 Å². The van der Waals surface area contributed by atoms with E-state index in [4.69, 9.17) is 0 Å². The van der Waals surface area contributed by atoms with E-state index >= 15 is 0 Å². The maximum absolute atomic E-state index is 12.7. The van der Waals surface area contributed by atoms with E-state index in [9.17, 15) is 8.42 Å². The number of likely N-dealkylation sites (tertiary alicyclic amines) is 1. The monoisotopic (exact) mass is 338 g/mol. The van der Waals surface area contributed by atoms with Gasteiger partial charge in [-0.2, -0.15) is 4.31 Å². The molecule has 1 heterocycles. The number of benzene rings is 1. The number of sulfonamides is 1. The summed E-state index contributed by atoms with van der Waals surface area (Å²) in [4.78, 5) is 2.85. The molecule has 0 radical (unpaired) electrons. The molecule has 0 unspecified atom stereocenters. The molecule has 1 fully saturated rings. The van der Waals surface area contributed by atoms with Gasteiger partial charge in [0.25, 0.3) is 0 Å². The maximum atomic E-state index is 12.7. The average Bonchev–Trinajstić information content (AvgIpc) is 2.53. The lowest BCUT2D eigenvalue weighted by Crippen LogP contribution is -2.39. The Morgan fingerprint density at radius 1 is 1.30 bits per heavy atom. The van der Waals surface area contributed by atoms with E-state index in [0.29, 0.717) is 4.90 Å². The summed E-state index contributed by atoms with van der Waals surface area (Å²) in [6.07, 6.45) is 3.38. The van der Waals surface area contributed by atoms with Crippen LogP contribution >= 0.6 is 0 Å². The van der Waals surface area contributed by atoms with Crippen LogP contribution in [-0.2, 0) is 10.0 Å². The van der Waals surface area contributed by atoms with Gasteiger partial charge in [-0.15, -0.1) is 0 Å². The molecule has 4 nitrogen and oxygen atoms in total. The lowest BCUT2D eigenvalue weighted by molar-refractivity contribution is 0.179. The summed E-state index contributed by atoms with van der Waals surface area (Å²) >= 11 is 0. The molecule has 0 spiro atoms. The summed E-state index contributed by atoms with van der Waals surface area (Å²) in [7, 11) is -1.71. The molecule has 0 aliphatic carbocycles. The summed E-state index contributed by atoms with van der Waals surface area (Å²) in [6.45, 7) is 9.48. The first-order valence-electron chi connectivity index (χ1n) is 8.57. The van der Waals surface area contributed by atoms with Crippen molar-refractivity contribution in [1.29, 1.82) is 0 Å². The highest BCUT2D eigenvalue weighted by molar-refractivity contribution is 7.89. The summed E-state index contributed by atoms with van der Waals surface area (Å²) in [5.41, 5.74) is 0.967. The fourth-order valence-electron chi connectivity index (χ4n) is 3.02. The molecular formula is C18H30N2O2S. The van der Waals surface area contributed by atoms with Gasteiger partial charge in [0, 0.05) is 13.1 Å². The summed E-state index contributed by atoms with van der Waals surface area (Å²) < 4.78 is 27.0. The van der Waals surface area contributed by atoms with Crippen LogP contribution in [0.1, 0.15) is 38.7 Å². The minimum absolute atomic E-state index is 0.000128. The number of hydrogen-bond donors (Lipinski definition) is 0. The molecule has 23 heavy (non-hydrogen) atoms. The van der Waals surface area contributed by atoms with Crippen molar-refractivity contribution in [1.82, 2.24) is 9.21 Å². The van der Waals surface area contributed by atoms with Crippen molar-refractivity contribution in [3.63, 3.8) is 0 Å². The van der Waals surface area contributed by atoms with Gasteiger partial charge in [0.15, 0.2) is 0 Å². The summed E-state index contributed by atoms with van der Waals surface area (Å²) in [6, 6.07) is 7.14. The highest BCUT2D eigenvalue weighted by Crippen LogP contribution is 2.20. The van der Waals surface area contributed by atoms with Crippen molar-refractivity contribution in [2.45, 2.75) is 51.0 Å². The van der Waals surface area contributed by atoms with Gasteiger partial charge in [0.2, 0.25) is 10.0 Å². The molecule has 1 aromatic carbocycles. The van der Waals surface area contributed by atoms with Crippen LogP contribution in [0.2, 0.25) is 0 Å². The van der Waals surface area contributed by atoms with Crippen LogP contribution in [0.4, 0.5) is 0 Å². The van der Waals surface area contributed by atoms with E-state index in [1.54, 1.807) is 25.2 Å². The third-order valence-corrected chi connectivity index (χ3v) is 6.99. The van der Waals surface area contributed by atoms with E-state index in [-0.39, 0.29) is 6.04 Å². The highest BCUT2D eigenvalue weighted by Gasteiger charge is 2.26. The molecule has 0 amide bonds. The molecule has 1 aromatic rings. The molecule has 1 aliphatic rings.